The Bertz CT molecular complexity index is 757. The molecular formula is C17H18O5. The third kappa shape index (κ3) is 3.75. The van der Waals surface area contributed by atoms with Crippen molar-refractivity contribution < 1.29 is 18.7 Å². The molecule has 0 radical (unpaired) electrons. The number of hydrogen-bond acceptors (Lipinski definition) is 5. The highest BCUT2D eigenvalue weighted by Crippen LogP contribution is 2.32. The molecule has 1 aromatic heterocycles. The van der Waals surface area contributed by atoms with Crippen molar-refractivity contribution in [3.8, 4) is 11.5 Å². The Balaban J connectivity index is 2.42. The maximum absolute atomic E-state index is 11.7. The molecule has 0 aliphatic carbocycles. The number of unbranched alkanes of at least 4 members (excludes halogenated alkanes) is 1. The maximum Gasteiger partial charge on any atom is 0.338 e. The number of hydrogen-bond donors (Lipinski definition) is 0. The zero-order valence-electron chi connectivity index (χ0n) is 12.7. The summed E-state index contributed by atoms with van der Waals surface area (Å²) in [7, 11) is 0. The lowest BCUT2D eigenvalue weighted by Crippen LogP contribution is -2.10. The van der Waals surface area contributed by atoms with E-state index in [1.54, 1.807) is 19.1 Å². The average molecular weight is 302 g/mol. The molecule has 0 fully saturated rings. The molecule has 1 heterocycles. The van der Waals surface area contributed by atoms with Crippen LogP contribution >= 0.6 is 0 Å². The molecule has 22 heavy (non-hydrogen) atoms. The van der Waals surface area contributed by atoms with E-state index in [-0.39, 0.29) is 11.3 Å². The van der Waals surface area contributed by atoms with Crippen LogP contribution in [0.2, 0.25) is 0 Å². The molecule has 0 spiro atoms. The van der Waals surface area contributed by atoms with Crippen molar-refractivity contribution in [1.29, 1.82) is 0 Å². The van der Waals surface area contributed by atoms with E-state index >= 15 is 0 Å². The Morgan fingerprint density at radius 2 is 2.05 bits per heavy atom. The molecule has 0 aliphatic heterocycles. The van der Waals surface area contributed by atoms with Crippen LogP contribution in [0.1, 0.15) is 26.7 Å². The summed E-state index contributed by atoms with van der Waals surface area (Å²) in [6.45, 7) is 7.67. The fourth-order valence-electron chi connectivity index (χ4n) is 1.78. The Hall–Kier alpha value is -2.56. The second-order valence-electron chi connectivity index (χ2n) is 4.96. The van der Waals surface area contributed by atoms with Gasteiger partial charge in [0.05, 0.1) is 6.61 Å². The second kappa shape index (κ2) is 6.93. The van der Waals surface area contributed by atoms with E-state index in [4.69, 9.17) is 13.9 Å². The molecule has 0 saturated heterocycles. The lowest BCUT2D eigenvalue weighted by Gasteiger charge is -2.12. The van der Waals surface area contributed by atoms with Crippen LogP contribution < -0.4 is 15.1 Å². The van der Waals surface area contributed by atoms with Crippen molar-refractivity contribution in [1.82, 2.24) is 0 Å². The number of esters is 1. The minimum absolute atomic E-state index is 0.214. The van der Waals surface area contributed by atoms with Gasteiger partial charge in [-0.15, -0.1) is 0 Å². The van der Waals surface area contributed by atoms with Gasteiger partial charge in [-0.25, -0.2) is 9.59 Å². The minimum Gasteiger partial charge on any atom is -0.490 e. The molecule has 116 valence electrons. The Morgan fingerprint density at radius 1 is 1.27 bits per heavy atom. The molecule has 2 rings (SSSR count). The molecule has 0 unspecified atom stereocenters. The molecule has 0 atom stereocenters. The smallest absolute Gasteiger partial charge is 0.338 e. The number of carbonyl (C=O) groups is 1. The Kier molecular flexibility index (Phi) is 4.99. The van der Waals surface area contributed by atoms with E-state index in [9.17, 15) is 9.59 Å². The SMILES string of the molecule is C=C(C)C(=O)Oc1cc2oc(=O)ccc2cc1OCCCC. The van der Waals surface area contributed by atoms with E-state index in [1.807, 2.05) is 0 Å². The molecule has 0 amide bonds. The topological polar surface area (TPSA) is 65.7 Å². The first-order valence-corrected chi connectivity index (χ1v) is 7.09. The van der Waals surface area contributed by atoms with Crippen molar-refractivity contribution in [3.05, 3.63) is 46.8 Å². The van der Waals surface area contributed by atoms with E-state index in [0.29, 0.717) is 23.3 Å². The summed E-state index contributed by atoms with van der Waals surface area (Å²) < 4.78 is 16.0. The molecule has 0 saturated carbocycles. The van der Waals surface area contributed by atoms with Crippen LogP contribution in [0.3, 0.4) is 0 Å². The van der Waals surface area contributed by atoms with Crippen LogP contribution in [0, 0.1) is 0 Å². The third-order valence-electron chi connectivity index (χ3n) is 2.99. The second-order valence-corrected chi connectivity index (χ2v) is 4.96. The summed E-state index contributed by atoms with van der Waals surface area (Å²) in [5.41, 5.74) is 0.137. The number of rotatable bonds is 6. The lowest BCUT2D eigenvalue weighted by atomic mass is 10.2. The van der Waals surface area contributed by atoms with Crippen LogP contribution in [0.4, 0.5) is 0 Å². The molecule has 0 bridgehead atoms. The van der Waals surface area contributed by atoms with Crippen LogP contribution in [0.25, 0.3) is 11.0 Å². The first kappa shape index (κ1) is 15.8. The van der Waals surface area contributed by atoms with Crippen molar-refractivity contribution in [2.45, 2.75) is 26.7 Å². The fraction of sp³-hybridized carbons (Fsp3) is 0.294. The highest BCUT2D eigenvalue weighted by atomic mass is 16.6. The van der Waals surface area contributed by atoms with Gasteiger partial charge in [-0.05, 0) is 25.5 Å². The normalized spacial score (nSPS) is 10.5. The van der Waals surface area contributed by atoms with E-state index in [1.165, 1.54) is 12.1 Å². The van der Waals surface area contributed by atoms with Gasteiger partial charge in [0.2, 0.25) is 0 Å². The van der Waals surface area contributed by atoms with Gasteiger partial charge in [0.25, 0.3) is 0 Å². The number of fused-ring (bicyclic) bond motifs is 1. The van der Waals surface area contributed by atoms with Crippen molar-refractivity contribution in [2.24, 2.45) is 0 Å². The first-order chi connectivity index (χ1) is 10.5. The quantitative estimate of drug-likeness (QED) is 0.269. The lowest BCUT2D eigenvalue weighted by molar-refractivity contribution is -0.130. The first-order valence-electron chi connectivity index (χ1n) is 7.09. The summed E-state index contributed by atoms with van der Waals surface area (Å²) in [6.07, 6.45) is 1.87. The molecule has 0 aliphatic rings. The van der Waals surface area contributed by atoms with Gasteiger partial charge in [0, 0.05) is 23.1 Å². The van der Waals surface area contributed by atoms with Crippen LogP contribution in [0.5, 0.6) is 11.5 Å². The van der Waals surface area contributed by atoms with Gasteiger partial charge >= 0.3 is 11.6 Å². The summed E-state index contributed by atoms with van der Waals surface area (Å²) in [5, 5.41) is 0.696. The molecule has 1 aromatic carbocycles. The minimum atomic E-state index is -0.557. The van der Waals surface area contributed by atoms with E-state index in [2.05, 4.69) is 13.5 Å². The molecule has 5 nitrogen and oxygen atoms in total. The predicted molar refractivity (Wildman–Crippen MR) is 83.3 cm³/mol. The molecule has 2 aromatic rings. The highest BCUT2D eigenvalue weighted by molar-refractivity contribution is 5.90. The van der Waals surface area contributed by atoms with Gasteiger partial charge in [-0.2, -0.15) is 0 Å². The van der Waals surface area contributed by atoms with Gasteiger partial charge in [-0.1, -0.05) is 19.9 Å². The van der Waals surface area contributed by atoms with E-state index in [0.717, 1.165) is 12.8 Å². The van der Waals surface area contributed by atoms with Crippen molar-refractivity contribution in [2.75, 3.05) is 6.61 Å². The van der Waals surface area contributed by atoms with Gasteiger partial charge < -0.3 is 13.9 Å². The summed E-state index contributed by atoms with van der Waals surface area (Å²) in [5.74, 6) is 0.0910. The zero-order valence-corrected chi connectivity index (χ0v) is 12.7. The van der Waals surface area contributed by atoms with Crippen molar-refractivity contribution >= 4 is 16.9 Å². The molecule has 0 N–H and O–H groups in total. The standard InChI is InChI=1S/C17H18O5/c1-4-5-8-20-14-9-12-6-7-16(18)21-13(12)10-15(14)22-17(19)11(2)3/h6-7,9-10H,2,4-5,8H2,1,3H3. The van der Waals surface area contributed by atoms with Crippen LogP contribution in [-0.2, 0) is 4.79 Å². The van der Waals surface area contributed by atoms with Crippen LogP contribution in [-0.4, -0.2) is 12.6 Å². The fourth-order valence-corrected chi connectivity index (χ4v) is 1.78. The Labute approximate surface area is 128 Å². The van der Waals surface area contributed by atoms with E-state index < -0.39 is 11.6 Å². The molecule has 5 heteroatoms. The van der Waals surface area contributed by atoms with Gasteiger partial charge in [0.1, 0.15) is 5.58 Å². The van der Waals surface area contributed by atoms with Gasteiger partial charge in [-0.3, -0.25) is 0 Å². The molecular weight excluding hydrogens is 284 g/mol. The van der Waals surface area contributed by atoms with Crippen molar-refractivity contribution in [3.63, 3.8) is 0 Å². The highest BCUT2D eigenvalue weighted by Gasteiger charge is 2.14. The number of carbonyl (C=O) groups excluding carboxylic acids is 1. The number of ether oxygens (including phenoxy) is 2. The zero-order chi connectivity index (χ0) is 16.1. The largest absolute Gasteiger partial charge is 0.490 e. The summed E-state index contributed by atoms with van der Waals surface area (Å²) >= 11 is 0. The monoisotopic (exact) mass is 302 g/mol. The maximum atomic E-state index is 11.7. The number of benzene rings is 1. The van der Waals surface area contributed by atoms with Gasteiger partial charge in [0.15, 0.2) is 11.5 Å². The predicted octanol–water partition coefficient (Wildman–Crippen LogP) is 3.45. The summed E-state index contributed by atoms with van der Waals surface area (Å²) in [4.78, 5) is 23.0. The third-order valence-corrected chi connectivity index (χ3v) is 2.99. The average Bonchev–Trinajstić information content (AvgIpc) is 2.47. The Morgan fingerprint density at radius 3 is 2.73 bits per heavy atom. The summed E-state index contributed by atoms with van der Waals surface area (Å²) in [6, 6.07) is 6.14. The van der Waals surface area contributed by atoms with Crippen LogP contribution in [0.15, 0.2) is 45.6 Å².